The molecule has 13 heavy (non-hydrogen) atoms. The average molecular weight is 183 g/mol. The van der Waals surface area contributed by atoms with Gasteiger partial charge in [0.1, 0.15) is 0 Å². The fourth-order valence-corrected chi connectivity index (χ4v) is 1.34. The summed E-state index contributed by atoms with van der Waals surface area (Å²) in [5.41, 5.74) is 1.06. The number of carbonyl (C=O) groups is 1. The van der Waals surface area contributed by atoms with Crippen LogP contribution in [0, 0.1) is 0 Å². The fraction of sp³-hybridized carbons (Fsp3) is 0.700. The Hall–Kier alpha value is -0.830. The molecule has 1 saturated heterocycles. The molecule has 0 amide bonds. The minimum atomic E-state index is 0.198. The van der Waals surface area contributed by atoms with E-state index in [1.807, 2.05) is 13.8 Å². The summed E-state index contributed by atoms with van der Waals surface area (Å²) in [6.45, 7) is 7.21. The molecule has 0 aliphatic carbocycles. The van der Waals surface area contributed by atoms with E-state index in [-0.39, 0.29) is 5.78 Å². The Labute approximate surface area is 79.4 Å². The van der Waals surface area contributed by atoms with Gasteiger partial charge in [0.15, 0.2) is 5.78 Å². The van der Waals surface area contributed by atoms with E-state index in [2.05, 4.69) is 4.90 Å². The van der Waals surface area contributed by atoms with Gasteiger partial charge in [-0.2, -0.15) is 0 Å². The molecule has 0 aromatic rings. The summed E-state index contributed by atoms with van der Waals surface area (Å²) in [6, 6.07) is 0. The number of nitrogens with zero attached hydrogens (tertiary/aromatic N) is 1. The van der Waals surface area contributed by atoms with Crippen molar-refractivity contribution in [2.75, 3.05) is 26.3 Å². The van der Waals surface area contributed by atoms with Crippen LogP contribution in [0.25, 0.3) is 0 Å². The third-order valence-electron chi connectivity index (χ3n) is 2.23. The molecule has 1 fully saturated rings. The van der Waals surface area contributed by atoms with Crippen molar-refractivity contribution in [2.24, 2.45) is 0 Å². The number of hydrogen-bond donors (Lipinski definition) is 0. The highest BCUT2D eigenvalue weighted by molar-refractivity contribution is 5.89. The van der Waals surface area contributed by atoms with Crippen molar-refractivity contribution in [3.8, 4) is 0 Å². The molecule has 0 aromatic carbocycles. The molecule has 1 rings (SSSR count). The van der Waals surface area contributed by atoms with Crippen LogP contribution >= 0.6 is 0 Å². The Bertz CT molecular complexity index is 205. The molecule has 0 radical (unpaired) electrons. The van der Waals surface area contributed by atoms with Crippen LogP contribution in [-0.4, -0.2) is 37.0 Å². The van der Waals surface area contributed by atoms with Gasteiger partial charge in [0.25, 0.3) is 0 Å². The Morgan fingerprint density at radius 1 is 1.46 bits per heavy atom. The van der Waals surface area contributed by atoms with Gasteiger partial charge in [-0.15, -0.1) is 0 Å². The molecule has 0 spiro atoms. The van der Waals surface area contributed by atoms with Gasteiger partial charge in [0.2, 0.25) is 0 Å². The minimum absolute atomic E-state index is 0.198. The summed E-state index contributed by atoms with van der Waals surface area (Å²) in [6.07, 6.45) is 2.31. The normalized spacial score (nSPS) is 18.9. The molecule has 0 aromatic heterocycles. The number of ketones is 1. The first-order valence-corrected chi connectivity index (χ1v) is 4.78. The fourth-order valence-electron chi connectivity index (χ4n) is 1.34. The minimum Gasteiger partial charge on any atom is -0.378 e. The molecular weight excluding hydrogens is 166 g/mol. The molecule has 0 N–H and O–H groups in total. The molecule has 3 heteroatoms. The van der Waals surface area contributed by atoms with E-state index in [1.54, 1.807) is 6.08 Å². The highest BCUT2D eigenvalue weighted by atomic mass is 16.5. The lowest BCUT2D eigenvalue weighted by Gasteiger charge is -2.29. The summed E-state index contributed by atoms with van der Waals surface area (Å²) >= 11 is 0. The van der Waals surface area contributed by atoms with Crippen molar-refractivity contribution in [3.05, 3.63) is 11.8 Å². The van der Waals surface area contributed by atoms with Crippen LogP contribution in [0.3, 0.4) is 0 Å². The van der Waals surface area contributed by atoms with Crippen LogP contribution < -0.4 is 0 Å². The molecular formula is C10H17NO2. The average Bonchev–Trinajstić information content (AvgIpc) is 2.19. The van der Waals surface area contributed by atoms with Crippen molar-refractivity contribution >= 4 is 5.78 Å². The van der Waals surface area contributed by atoms with Crippen molar-refractivity contribution in [3.63, 3.8) is 0 Å². The van der Waals surface area contributed by atoms with Crippen LogP contribution in [0.5, 0.6) is 0 Å². The van der Waals surface area contributed by atoms with Crippen LogP contribution in [0.15, 0.2) is 11.8 Å². The van der Waals surface area contributed by atoms with Gasteiger partial charge in [0, 0.05) is 25.2 Å². The first-order chi connectivity index (χ1) is 6.24. The first kappa shape index (κ1) is 10.3. The molecule has 1 heterocycles. The zero-order valence-corrected chi connectivity index (χ0v) is 8.38. The van der Waals surface area contributed by atoms with Gasteiger partial charge in [-0.05, 0) is 13.0 Å². The number of hydrogen-bond acceptors (Lipinski definition) is 3. The molecule has 3 nitrogen and oxygen atoms in total. The van der Waals surface area contributed by atoms with Crippen molar-refractivity contribution in [1.29, 1.82) is 0 Å². The van der Waals surface area contributed by atoms with Crippen molar-refractivity contribution in [2.45, 2.75) is 20.3 Å². The lowest BCUT2D eigenvalue weighted by Crippen LogP contribution is -2.35. The predicted molar refractivity (Wildman–Crippen MR) is 51.4 cm³/mol. The first-order valence-electron chi connectivity index (χ1n) is 4.78. The molecule has 0 bridgehead atoms. The Balaban J connectivity index is 2.49. The maximum atomic E-state index is 11.1. The largest absolute Gasteiger partial charge is 0.378 e. The number of allylic oxidation sites excluding steroid dienone is 2. The zero-order valence-electron chi connectivity index (χ0n) is 8.38. The summed E-state index contributed by atoms with van der Waals surface area (Å²) in [5, 5.41) is 0. The number of morpholine rings is 1. The summed E-state index contributed by atoms with van der Waals surface area (Å²) in [4.78, 5) is 13.3. The Morgan fingerprint density at radius 3 is 2.62 bits per heavy atom. The SMILES string of the molecule is CCC(=O)/C=C(\C)N1CCOCC1. The van der Waals surface area contributed by atoms with E-state index in [1.165, 1.54) is 0 Å². The lowest BCUT2D eigenvalue weighted by atomic mass is 10.2. The van der Waals surface area contributed by atoms with Crippen LogP contribution in [0.2, 0.25) is 0 Å². The Kier molecular flexibility index (Phi) is 3.96. The second kappa shape index (κ2) is 5.02. The summed E-state index contributed by atoms with van der Waals surface area (Å²) in [7, 11) is 0. The maximum absolute atomic E-state index is 11.1. The van der Waals surface area contributed by atoms with Gasteiger partial charge < -0.3 is 9.64 Å². The maximum Gasteiger partial charge on any atom is 0.157 e. The molecule has 0 saturated carbocycles. The van der Waals surface area contributed by atoms with E-state index in [4.69, 9.17) is 4.74 Å². The number of rotatable bonds is 3. The summed E-state index contributed by atoms with van der Waals surface area (Å²) < 4.78 is 5.23. The van der Waals surface area contributed by atoms with Crippen LogP contribution in [0.4, 0.5) is 0 Å². The second-order valence-corrected chi connectivity index (χ2v) is 3.21. The monoisotopic (exact) mass is 183 g/mol. The van der Waals surface area contributed by atoms with Crippen LogP contribution in [0.1, 0.15) is 20.3 Å². The highest BCUT2D eigenvalue weighted by Crippen LogP contribution is 2.06. The zero-order chi connectivity index (χ0) is 9.68. The van der Waals surface area contributed by atoms with Crippen molar-refractivity contribution in [1.82, 2.24) is 4.90 Å². The smallest absolute Gasteiger partial charge is 0.157 e. The number of carbonyl (C=O) groups excluding carboxylic acids is 1. The van der Waals surface area contributed by atoms with Gasteiger partial charge in [-0.1, -0.05) is 6.92 Å². The quantitative estimate of drug-likeness (QED) is 0.616. The van der Waals surface area contributed by atoms with Crippen molar-refractivity contribution < 1.29 is 9.53 Å². The van der Waals surface area contributed by atoms with Gasteiger partial charge in [-0.3, -0.25) is 4.79 Å². The second-order valence-electron chi connectivity index (χ2n) is 3.21. The van der Waals surface area contributed by atoms with Gasteiger partial charge >= 0.3 is 0 Å². The third-order valence-corrected chi connectivity index (χ3v) is 2.23. The standard InChI is InChI=1S/C10H17NO2/c1-3-10(12)8-9(2)11-4-6-13-7-5-11/h8H,3-7H2,1-2H3/b9-8+. The Morgan fingerprint density at radius 2 is 2.08 bits per heavy atom. The predicted octanol–water partition coefficient (Wildman–Crippen LogP) is 1.20. The van der Waals surface area contributed by atoms with E-state index in [0.29, 0.717) is 6.42 Å². The lowest BCUT2D eigenvalue weighted by molar-refractivity contribution is -0.114. The molecule has 1 aliphatic rings. The molecule has 74 valence electrons. The van der Waals surface area contributed by atoms with E-state index in [0.717, 1.165) is 32.0 Å². The molecule has 0 unspecified atom stereocenters. The molecule has 1 aliphatic heterocycles. The van der Waals surface area contributed by atoms with E-state index < -0.39 is 0 Å². The van der Waals surface area contributed by atoms with E-state index >= 15 is 0 Å². The topological polar surface area (TPSA) is 29.5 Å². The van der Waals surface area contributed by atoms with E-state index in [9.17, 15) is 4.79 Å². The van der Waals surface area contributed by atoms with Gasteiger partial charge in [0.05, 0.1) is 13.2 Å². The number of ether oxygens (including phenoxy) is 1. The molecule has 0 atom stereocenters. The van der Waals surface area contributed by atoms with Gasteiger partial charge in [-0.25, -0.2) is 0 Å². The third kappa shape index (κ3) is 3.19. The highest BCUT2D eigenvalue weighted by Gasteiger charge is 2.10. The van der Waals surface area contributed by atoms with Crippen LogP contribution in [-0.2, 0) is 9.53 Å². The summed E-state index contributed by atoms with van der Waals surface area (Å²) in [5.74, 6) is 0.198.